The molecule has 18 heavy (non-hydrogen) atoms. The summed E-state index contributed by atoms with van der Waals surface area (Å²) in [6.45, 7) is 2.05. The first-order chi connectivity index (χ1) is 8.73. The van der Waals surface area contributed by atoms with Crippen molar-refractivity contribution < 1.29 is 0 Å². The van der Waals surface area contributed by atoms with Crippen molar-refractivity contribution in [1.82, 2.24) is 10.2 Å². The number of rotatable bonds is 6. The van der Waals surface area contributed by atoms with Gasteiger partial charge in [0.05, 0.1) is 0 Å². The van der Waals surface area contributed by atoms with E-state index in [9.17, 15) is 0 Å². The molecule has 2 rings (SSSR count). The lowest BCUT2D eigenvalue weighted by Crippen LogP contribution is -2.56. The van der Waals surface area contributed by atoms with Crippen molar-refractivity contribution in [1.29, 1.82) is 0 Å². The van der Waals surface area contributed by atoms with Crippen LogP contribution in [0.4, 0.5) is 0 Å². The van der Waals surface area contributed by atoms with E-state index in [1.54, 1.807) is 0 Å². The Morgan fingerprint density at radius 2 is 1.94 bits per heavy atom. The lowest BCUT2D eigenvalue weighted by atomic mass is 9.75. The van der Waals surface area contributed by atoms with E-state index in [1.165, 1.54) is 24.8 Å². The summed E-state index contributed by atoms with van der Waals surface area (Å²) in [5, 5.41) is 3.55. The molecule has 1 aromatic rings. The molecular weight excluding hydrogens is 220 g/mol. The minimum Gasteiger partial charge on any atom is -0.311 e. The molecule has 0 heterocycles. The minimum absolute atomic E-state index is 0.417. The lowest BCUT2D eigenvalue weighted by Gasteiger charge is -2.47. The van der Waals surface area contributed by atoms with Gasteiger partial charge in [-0.05, 0) is 38.9 Å². The molecule has 1 N–H and O–H groups in total. The van der Waals surface area contributed by atoms with Gasteiger partial charge in [-0.1, -0.05) is 42.5 Å². The summed E-state index contributed by atoms with van der Waals surface area (Å²) in [6, 6.07) is 10.4. The van der Waals surface area contributed by atoms with Crippen LogP contribution < -0.4 is 5.32 Å². The van der Waals surface area contributed by atoms with Gasteiger partial charge in [0, 0.05) is 18.6 Å². The zero-order chi connectivity index (χ0) is 12.8. The molecule has 2 heteroatoms. The fraction of sp³-hybridized carbons (Fsp3) is 0.500. The summed E-state index contributed by atoms with van der Waals surface area (Å²) in [5.74, 6) is 0. The molecule has 1 aromatic carbocycles. The Morgan fingerprint density at radius 1 is 1.22 bits per heavy atom. The van der Waals surface area contributed by atoms with Gasteiger partial charge >= 0.3 is 0 Å². The molecule has 0 aromatic heterocycles. The smallest absolute Gasteiger partial charge is 0.0328 e. The Hall–Kier alpha value is -1.12. The zero-order valence-electron chi connectivity index (χ0n) is 11.5. The fourth-order valence-corrected chi connectivity index (χ4v) is 2.51. The standard InChI is InChI=1S/C16H24N2/c1-18(2)16(11-7-12-16)14-17-13-6-10-15-8-4-3-5-9-15/h3-6,8-10,17H,7,11-14H2,1-2H3/b10-6+. The third-order valence-corrected chi connectivity index (χ3v) is 4.06. The monoisotopic (exact) mass is 244 g/mol. The Labute approximate surface area is 111 Å². The van der Waals surface area contributed by atoms with Crippen LogP contribution in [0.15, 0.2) is 36.4 Å². The summed E-state index contributed by atoms with van der Waals surface area (Å²) < 4.78 is 0. The highest BCUT2D eigenvalue weighted by molar-refractivity contribution is 5.48. The van der Waals surface area contributed by atoms with Crippen LogP contribution in [-0.2, 0) is 0 Å². The summed E-state index contributed by atoms with van der Waals surface area (Å²) in [7, 11) is 4.39. The van der Waals surface area contributed by atoms with Gasteiger partial charge in [-0.2, -0.15) is 0 Å². The molecule has 0 atom stereocenters. The Bertz CT molecular complexity index is 377. The Kier molecular flexibility index (Phi) is 4.56. The number of hydrogen-bond acceptors (Lipinski definition) is 2. The lowest BCUT2D eigenvalue weighted by molar-refractivity contribution is 0.0612. The molecule has 0 radical (unpaired) electrons. The van der Waals surface area contributed by atoms with Gasteiger partial charge in [0.25, 0.3) is 0 Å². The van der Waals surface area contributed by atoms with Crippen molar-refractivity contribution in [3.05, 3.63) is 42.0 Å². The molecule has 1 aliphatic rings. The first-order valence-electron chi connectivity index (χ1n) is 6.83. The van der Waals surface area contributed by atoms with E-state index in [-0.39, 0.29) is 0 Å². The van der Waals surface area contributed by atoms with Gasteiger partial charge in [0.2, 0.25) is 0 Å². The topological polar surface area (TPSA) is 15.3 Å². The van der Waals surface area contributed by atoms with Crippen molar-refractivity contribution in [3.63, 3.8) is 0 Å². The quantitative estimate of drug-likeness (QED) is 0.774. The highest BCUT2D eigenvalue weighted by Crippen LogP contribution is 2.35. The van der Waals surface area contributed by atoms with Crippen LogP contribution in [-0.4, -0.2) is 37.6 Å². The Morgan fingerprint density at radius 3 is 2.50 bits per heavy atom. The predicted octanol–water partition coefficient (Wildman–Crippen LogP) is 2.77. The van der Waals surface area contributed by atoms with Crippen LogP contribution >= 0.6 is 0 Å². The zero-order valence-corrected chi connectivity index (χ0v) is 11.5. The largest absolute Gasteiger partial charge is 0.311 e. The van der Waals surface area contributed by atoms with Gasteiger partial charge < -0.3 is 10.2 Å². The van der Waals surface area contributed by atoms with Crippen LogP contribution in [0.25, 0.3) is 6.08 Å². The third kappa shape index (κ3) is 3.21. The number of likely N-dealkylation sites (N-methyl/N-ethyl adjacent to an activating group) is 1. The molecule has 1 aliphatic carbocycles. The van der Waals surface area contributed by atoms with Crippen molar-refractivity contribution in [2.24, 2.45) is 0 Å². The maximum atomic E-state index is 3.55. The molecule has 0 saturated heterocycles. The average Bonchev–Trinajstić information content (AvgIpc) is 2.32. The van der Waals surface area contributed by atoms with E-state index < -0.39 is 0 Å². The highest BCUT2D eigenvalue weighted by Gasteiger charge is 2.38. The van der Waals surface area contributed by atoms with Crippen LogP contribution in [0.2, 0.25) is 0 Å². The summed E-state index contributed by atoms with van der Waals surface area (Å²) in [4.78, 5) is 2.38. The first kappa shape index (κ1) is 13.3. The van der Waals surface area contributed by atoms with E-state index >= 15 is 0 Å². The van der Waals surface area contributed by atoms with Crippen molar-refractivity contribution in [2.45, 2.75) is 24.8 Å². The number of nitrogens with zero attached hydrogens (tertiary/aromatic N) is 1. The Balaban J connectivity index is 1.71. The van der Waals surface area contributed by atoms with Gasteiger partial charge in [0.15, 0.2) is 0 Å². The molecule has 1 fully saturated rings. The highest BCUT2D eigenvalue weighted by atomic mass is 15.2. The van der Waals surface area contributed by atoms with E-state index in [2.05, 4.69) is 60.7 Å². The first-order valence-corrected chi connectivity index (χ1v) is 6.83. The van der Waals surface area contributed by atoms with Gasteiger partial charge in [-0.25, -0.2) is 0 Å². The molecular formula is C16H24N2. The minimum atomic E-state index is 0.417. The maximum Gasteiger partial charge on any atom is 0.0328 e. The molecule has 2 nitrogen and oxygen atoms in total. The molecule has 98 valence electrons. The molecule has 0 bridgehead atoms. The van der Waals surface area contributed by atoms with E-state index in [0.717, 1.165) is 13.1 Å². The normalized spacial score (nSPS) is 18.2. The van der Waals surface area contributed by atoms with Crippen molar-refractivity contribution in [3.8, 4) is 0 Å². The van der Waals surface area contributed by atoms with E-state index in [4.69, 9.17) is 0 Å². The number of hydrogen-bond donors (Lipinski definition) is 1. The van der Waals surface area contributed by atoms with Crippen LogP contribution in [0.5, 0.6) is 0 Å². The van der Waals surface area contributed by atoms with Gasteiger partial charge in [0.1, 0.15) is 0 Å². The van der Waals surface area contributed by atoms with Crippen molar-refractivity contribution >= 4 is 6.08 Å². The van der Waals surface area contributed by atoms with Crippen LogP contribution in [0.3, 0.4) is 0 Å². The molecule has 1 saturated carbocycles. The molecule has 0 unspecified atom stereocenters. The molecule has 0 aliphatic heterocycles. The van der Waals surface area contributed by atoms with E-state index in [1.807, 2.05) is 6.07 Å². The molecule has 0 spiro atoms. The maximum absolute atomic E-state index is 3.55. The number of benzene rings is 1. The third-order valence-electron chi connectivity index (χ3n) is 4.06. The number of nitrogens with one attached hydrogen (secondary N) is 1. The fourth-order valence-electron chi connectivity index (χ4n) is 2.51. The van der Waals surface area contributed by atoms with E-state index in [0.29, 0.717) is 5.54 Å². The summed E-state index contributed by atoms with van der Waals surface area (Å²) >= 11 is 0. The second-order valence-electron chi connectivity index (χ2n) is 5.42. The SMILES string of the molecule is CN(C)C1(CNC/C=C/c2ccccc2)CCC1. The second-order valence-corrected chi connectivity index (χ2v) is 5.42. The van der Waals surface area contributed by atoms with Gasteiger partial charge in [-0.15, -0.1) is 0 Å². The average molecular weight is 244 g/mol. The predicted molar refractivity (Wildman–Crippen MR) is 78.6 cm³/mol. The van der Waals surface area contributed by atoms with Crippen LogP contribution in [0, 0.1) is 0 Å². The summed E-state index contributed by atoms with van der Waals surface area (Å²) in [5.41, 5.74) is 1.69. The van der Waals surface area contributed by atoms with Gasteiger partial charge in [-0.3, -0.25) is 0 Å². The van der Waals surface area contributed by atoms with Crippen molar-refractivity contribution in [2.75, 3.05) is 27.2 Å². The van der Waals surface area contributed by atoms with Crippen LogP contribution in [0.1, 0.15) is 24.8 Å². The summed E-state index contributed by atoms with van der Waals surface area (Å²) in [6.07, 6.45) is 8.41. The second kappa shape index (κ2) is 6.17. The molecule has 0 amide bonds.